The minimum atomic E-state index is 0.755. The summed E-state index contributed by atoms with van der Waals surface area (Å²) in [6.45, 7) is 8.70. The van der Waals surface area contributed by atoms with Gasteiger partial charge in [-0.3, -0.25) is 0 Å². The Bertz CT molecular complexity index is 33.4. The summed E-state index contributed by atoms with van der Waals surface area (Å²) in [4.78, 5) is 0. The van der Waals surface area contributed by atoms with Gasteiger partial charge >= 0.3 is 0 Å². The second kappa shape index (κ2) is 3.36. The Morgan fingerprint density at radius 3 is 1.71 bits per heavy atom. The van der Waals surface area contributed by atoms with E-state index in [0.29, 0.717) is 0 Å². The molecule has 0 unspecified atom stereocenters. The van der Waals surface area contributed by atoms with Crippen LogP contribution < -0.4 is 0 Å². The van der Waals surface area contributed by atoms with Gasteiger partial charge in [0.25, 0.3) is 0 Å². The summed E-state index contributed by atoms with van der Waals surface area (Å²) >= 11 is 1.93. The molecule has 0 bridgehead atoms. The molecule has 7 heavy (non-hydrogen) atoms. The lowest BCUT2D eigenvalue weighted by Gasteiger charge is -2.04. The van der Waals surface area contributed by atoms with Crippen molar-refractivity contribution in [3.8, 4) is 0 Å². The number of rotatable bonds is 2. The molecule has 0 heterocycles. The summed E-state index contributed by atoms with van der Waals surface area (Å²) in [5, 5.41) is 2.21. The predicted octanol–water partition coefficient (Wildman–Crippen LogP) is 2.70. The highest BCUT2D eigenvalue weighted by atomic mass is 32.2. The van der Waals surface area contributed by atoms with Crippen molar-refractivity contribution in [1.29, 1.82) is 0 Å². The number of hydrogen-bond acceptors (Lipinski definition) is 1. The first-order valence-electron chi connectivity index (χ1n) is 2.59. The maximum atomic E-state index is 2.21. The molecule has 0 fully saturated rings. The van der Waals surface area contributed by atoms with Crippen LogP contribution >= 0.6 is 11.8 Å². The molecule has 0 aromatic carbocycles. The van der Waals surface area contributed by atoms with Crippen molar-refractivity contribution in [1.82, 2.24) is 0 Å². The average Bonchev–Trinajstić information content (AvgIpc) is 1.27. The fraction of sp³-hybridized carbons (Fsp3) is 0.833. The van der Waals surface area contributed by atoms with Gasteiger partial charge in [-0.1, -0.05) is 13.8 Å². The third kappa shape index (κ3) is 6.35. The van der Waals surface area contributed by atoms with Crippen LogP contribution in [0.2, 0.25) is 0 Å². The van der Waals surface area contributed by atoms with Crippen LogP contribution in [0, 0.1) is 5.25 Å². The van der Waals surface area contributed by atoms with E-state index in [4.69, 9.17) is 0 Å². The third-order valence-electron chi connectivity index (χ3n) is 0.471. The molecule has 0 nitrogen and oxygen atoms in total. The molecule has 0 spiro atoms. The van der Waals surface area contributed by atoms with E-state index in [1.165, 1.54) is 5.25 Å². The zero-order chi connectivity index (χ0) is 5.86. The molecule has 0 rings (SSSR count). The Morgan fingerprint density at radius 2 is 1.71 bits per heavy atom. The van der Waals surface area contributed by atoms with E-state index in [9.17, 15) is 0 Å². The van der Waals surface area contributed by atoms with Crippen molar-refractivity contribution in [3.05, 3.63) is 5.25 Å². The van der Waals surface area contributed by atoms with Gasteiger partial charge in [-0.25, -0.2) is 0 Å². The summed E-state index contributed by atoms with van der Waals surface area (Å²) in [6.07, 6.45) is 0. The van der Waals surface area contributed by atoms with Gasteiger partial charge in [0, 0.05) is 5.25 Å². The maximum Gasteiger partial charge on any atom is 0.0247 e. The van der Waals surface area contributed by atoms with Crippen molar-refractivity contribution >= 4 is 11.8 Å². The first kappa shape index (κ1) is 7.35. The Hall–Kier alpha value is 0.350. The van der Waals surface area contributed by atoms with Crippen molar-refractivity contribution in [3.63, 3.8) is 0 Å². The average molecular weight is 117 g/mol. The van der Waals surface area contributed by atoms with Crippen molar-refractivity contribution in [2.45, 2.75) is 32.9 Å². The van der Waals surface area contributed by atoms with E-state index in [0.717, 1.165) is 5.25 Å². The van der Waals surface area contributed by atoms with E-state index in [2.05, 4.69) is 27.7 Å². The summed E-state index contributed by atoms with van der Waals surface area (Å²) < 4.78 is 0. The monoisotopic (exact) mass is 117 g/mol. The van der Waals surface area contributed by atoms with E-state index < -0.39 is 0 Å². The molecule has 1 heteroatoms. The molecule has 0 aromatic heterocycles. The van der Waals surface area contributed by atoms with E-state index >= 15 is 0 Å². The minimum Gasteiger partial charge on any atom is -0.151 e. The van der Waals surface area contributed by atoms with Crippen LogP contribution in [0.5, 0.6) is 0 Å². The summed E-state index contributed by atoms with van der Waals surface area (Å²) in [6, 6.07) is 0. The summed E-state index contributed by atoms with van der Waals surface area (Å²) in [5.74, 6) is 0. The standard InChI is InChI=1S/C6H13S/c1-5(2)7-6(3)4/h5H,1-4H3. The fourth-order valence-corrected chi connectivity index (χ4v) is 1.41. The summed E-state index contributed by atoms with van der Waals surface area (Å²) in [5.41, 5.74) is 0. The first-order chi connectivity index (χ1) is 3.13. The lowest BCUT2D eigenvalue weighted by molar-refractivity contribution is 1.11. The van der Waals surface area contributed by atoms with Gasteiger partial charge in [-0.15, -0.1) is 0 Å². The Morgan fingerprint density at radius 1 is 1.29 bits per heavy atom. The Balaban J connectivity index is 2.95. The second-order valence-corrected chi connectivity index (χ2v) is 4.07. The first-order valence-corrected chi connectivity index (χ1v) is 3.47. The molecule has 0 aliphatic rings. The topological polar surface area (TPSA) is 0 Å². The zero-order valence-corrected chi connectivity index (χ0v) is 6.30. The van der Waals surface area contributed by atoms with Gasteiger partial charge in [-0.2, -0.15) is 11.8 Å². The van der Waals surface area contributed by atoms with Gasteiger partial charge in [0.15, 0.2) is 0 Å². The van der Waals surface area contributed by atoms with Crippen LogP contribution in [0.1, 0.15) is 27.7 Å². The molecule has 0 aliphatic carbocycles. The maximum absolute atomic E-state index is 2.21. The van der Waals surface area contributed by atoms with Gasteiger partial charge in [0.05, 0.1) is 0 Å². The fourth-order valence-electron chi connectivity index (χ4n) is 0.471. The van der Waals surface area contributed by atoms with Gasteiger partial charge in [0.2, 0.25) is 0 Å². The van der Waals surface area contributed by atoms with Crippen molar-refractivity contribution in [2.24, 2.45) is 0 Å². The van der Waals surface area contributed by atoms with E-state index in [-0.39, 0.29) is 0 Å². The lowest BCUT2D eigenvalue weighted by atomic mass is 10.6. The zero-order valence-electron chi connectivity index (χ0n) is 5.49. The molecule has 43 valence electrons. The van der Waals surface area contributed by atoms with Crippen LogP contribution in [0.15, 0.2) is 0 Å². The van der Waals surface area contributed by atoms with Crippen LogP contribution in [0.3, 0.4) is 0 Å². The van der Waals surface area contributed by atoms with E-state index in [1.807, 2.05) is 11.8 Å². The second-order valence-electron chi connectivity index (χ2n) is 2.07. The molecule has 0 atom stereocenters. The largest absolute Gasteiger partial charge is 0.151 e. The highest BCUT2D eigenvalue weighted by molar-refractivity contribution is 8.02. The third-order valence-corrected chi connectivity index (χ3v) is 1.41. The molecule has 0 saturated heterocycles. The highest BCUT2D eigenvalue weighted by Gasteiger charge is 1.96. The van der Waals surface area contributed by atoms with Gasteiger partial charge < -0.3 is 0 Å². The highest BCUT2D eigenvalue weighted by Crippen LogP contribution is 2.21. The molecule has 1 radical (unpaired) electrons. The smallest absolute Gasteiger partial charge is 0.0247 e. The van der Waals surface area contributed by atoms with Gasteiger partial charge in [-0.05, 0) is 19.1 Å². The lowest BCUT2D eigenvalue weighted by Crippen LogP contribution is -1.87. The van der Waals surface area contributed by atoms with E-state index in [1.54, 1.807) is 0 Å². The Kier molecular flexibility index (Phi) is 3.53. The molecule has 0 aliphatic heterocycles. The van der Waals surface area contributed by atoms with Crippen LogP contribution in [-0.2, 0) is 0 Å². The van der Waals surface area contributed by atoms with Crippen LogP contribution in [-0.4, -0.2) is 5.25 Å². The van der Waals surface area contributed by atoms with Crippen LogP contribution in [0.25, 0.3) is 0 Å². The van der Waals surface area contributed by atoms with Crippen molar-refractivity contribution in [2.75, 3.05) is 0 Å². The molecule has 0 saturated carbocycles. The Labute approximate surface area is 50.7 Å². The number of thioether (sulfide) groups is 1. The molecule has 0 amide bonds. The molecular formula is C6H13S. The molecule has 0 aromatic rings. The number of hydrogen-bond donors (Lipinski definition) is 0. The van der Waals surface area contributed by atoms with Crippen molar-refractivity contribution < 1.29 is 0 Å². The quantitative estimate of drug-likeness (QED) is 0.536. The van der Waals surface area contributed by atoms with Gasteiger partial charge in [0.1, 0.15) is 0 Å². The SMILES string of the molecule is C[C](C)SC(C)C. The summed E-state index contributed by atoms with van der Waals surface area (Å²) in [7, 11) is 0. The van der Waals surface area contributed by atoms with Crippen LogP contribution in [0.4, 0.5) is 0 Å². The minimum absolute atomic E-state index is 0.755. The molecular weight excluding hydrogens is 104 g/mol. The normalized spacial score (nSPS) is 11.1. The molecule has 0 N–H and O–H groups in total. The predicted molar refractivity (Wildman–Crippen MR) is 37.3 cm³/mol.